The molecule has 0 radical (unpaired) electrons. The number of hydrogen-bond donors (Lipinski definition) is 1. The van der Waals surface area contributed by atoms with Crippen molar-refractivity contribution in [2.24, 2.45) is 0 Å². The van der Waals surface area contributed by atoms with E-state index in [2.05, 4.69) is 49.0 Å². The summed E-state index contributed by atoms with van der Waals surface area (Å²) in [5.74, 6) is 0. The molecular formula is C8H6Br2N2. The van der Waals surface area contributed by atoms with E-state index in [1.165, 1.54) is 5.56 Å². The van der Waals surface area contributed by atoms with Gasteiger partial charge in [-0.25, -0.2) is 0 Å². The Morgan fingerprint density at radius 2 is 2.08 bits per heavy atom. The molecule has 1 aromatic carbocycles. The summed E-state index contributed by atoms with van der Waals surface area (Å²) in [5.41, 5.74) is 2.19. The van der Waals surface area contributed by atoms with Crippen LogP contribution in [0.5, 0.6) is 0 Å². The van der Waals surface area contributed by atoms with Crippen LogP contribution in [-0.2, 0) is 0 Å². The number of nitrogens with zero attached hydrogens (tertiary/aromatic N) is 1. The van der Waals surface area contributed by atoms with Gasteiger partial charge in [0.25, 0.3) is 0 Å². The molecule has 4 heteroatoms. The van der Waals surface area contributed by atoms with E-state index in [0.717, 1.165) is 20.0 Å². The number of halogens is 2. The second-order valence-electron chi connectivity index (χ2n) is 2.60. The maximum atomic E-state index is 4.13. The molecule has 0 unspecified atom stereocenters. The highest BCUT2D eigenvalue weighted by atomic mass is 79.9. The SMILES string of the molecule is Cc1c(Br)ccc2n[nH]c(Br)c12. The Kier molecular flexibility index (Phi) is 1.96. The lowest BCUT2D eigenvalue weighted by Gasteiger charge is -1.98. The number of H-pyrrole nitrogens is 1. The second kappa shape index (κ2) is 2.85. The van der Waals surface area contributed by atoms with Gasteiger partial charge in [0.1, 0.15) is 4.60 Å². The number of hydrogen-bond acceptors (Lipinski definition) is 1. The van der Waals surface area contributed by atoms with Crippen LogP contribution in [-0.4, -0.2) is 10.2 Å². The molecule has 0 amide bonds. The van der Waals surface area contributed by atoms with Crippen molar-refractivity contribution in [2.75, 3.05) is 0 Å². The van der Waals surface area contributed by atoms with Gasteiger partial charge in [0.2, 0.25) is 0 Å². The Hall–Kier alpha value is -0.350. The number of benzene rings is 1. The summed E-state index contributed by atoms with van der Waals surface area (Å²) in [6, 6.07) is 3.98. The molecule has 0 spiro atoms. The maximum Gasteiger partial charge on any atom is 0.109 e. The van der Waals surface area contributed by atoms with Crippen LogP contribution in [0.4, 0.5) is 0 Å². The van der Waals surface area contributed by atoms with Crippen molar-refractivity contribution < 1.29 is 0 Å². The summed E-state index contributed by atoms with van der Waals surface area (Å²) in [6.07, 6.45) is 0. The first-order valence-corrected chi connectivity index (χ1v) is 5.07. The van der Waals surface area contributed by atoms with Gasteiger partial charge in [-0.15, -0.1) is 0 Å². The zero-order valence-electron chi connectivity index (χ0n) is 6.36. The van der Waals surface area contributed by atoms with Crippen molar-refractivity contribution in [1.29, 1.82) is 0 Å². The van der Waals surface area contributed by atoms with Crippen LogP contribution in [0.15, 0.2) is 21.2 Å². The Labute approximate surface area is 86.6 Å². The molecule has 0 aliphatic heterocycles. The fourth-order valence-corrected chi connectivity index (χ4v) is 2.13. The molecule has 12 heavy (non-hydrogen) atoms. The number of aromatic nitrogens is 2. The van der Waals surface area contributed by atoms with Crippen LogP contribution in [0.25, 0.3) is 10.9 Å². The average molecular weight is 290 g/mol. The summed E-state index contributed by atoms with van der Waals surface area (Å²) >= 11 is 6.89. The van der Waals surface area contributed by atoms with Gasteiger partial charge in [0, 0.05) is 9.86 Å². The number of fused-ring (bicyclic) bond motifs is 1. The predicted octanol–water partition coefficient (Wildman–Crippen LogP) is 3.40. The van der Waals surface area contributed by atoms with Crippen molar-refractivity contribution in [1.82, 2.24) is 10.2 Å². The van der Waals surface area contributed by atoms with Crippen LogP contribution in [0.1, 0.15) is 5.56 Å². The van der Waals surface area contributed by atoms with Gasteiger partial charge in [-0.05, 0) is 40.5 Å². The fourth-order valence-electron chi connectivity index (χ4n) is 1.21. The van der Waals surface area contributed by atoms with Crippen LogP contribution in [0.3, 0.4) is 0 Å². The van der Waals surface area contributed by atoms with Crippen molar-refractivity contribution in [3.8, 4) is 0 Å². The minimum absolute atomic E-state index is 0.941. The van der Waals surface area contributed by atoms with Crippen molar-refractivity contribution in [2.45, 2.75) is 6.92 Å². The summed E-state index contributed by atoms with van der Waals surface area (Å²) in [4.78, 5) is 0. The van der Waals surface area contributed by atoms with E-state index in [1.807, 2.05) is 12.1 Å². The van der Waals surface area contributed by atoms with E-state index in [1.54, 1.807) is 0 Å². The molecule has 62 valence electrons. The molecule has 0 aliphatic rings. The molecule has 1 aromatic heterocycles. The van der Waals surface area contributed by atoms with Crippen LogP contribution >= 0.6 is 31.9 Å². The Morgan fingerprint density at radius 3 is 2.83 bits per heavy atom. The first-order valence-electron chi connectivity index (χ1n) is 3.49. The van der Waals surface area contributed by atoms with E-state index in [9.17, 15) is 0 Å². The molecular weight excluding hydrogens is 284 g/mol. The van der Waals surface area contributed by atoms with Gasteiger partial charge < -0.3 is 0 Å². The largest absolute Gasteiger partial charge is 0.270 e. The number of rotatable bonds is 0. The van der Waals surface area contributed by atoms with Gasteiger partial charge in [0.15, 0.2) is 0 Å². The van der Waals surface area contributed by atoms with Gasteiger partial charge in [-0.2, -0.15) is 5.10 Å². The molecule has 2 rings (SSSR count). The Morgan fingerprint density at radius 1 is 1.33 bits per heavy atom. The summed E-state index contributed by atoms with van der Waals surface area (Å²) in [7, 11) is 0. The molecule has 2 aromatic rings. The van der Waals surface area contributed by atoms with Crippen LogP contribution in [0, 0.1) is 6.92 Å². The van der Waals surface area contributed by atoms with Gasteiger partial charge in [-0.3, -0.25) is 5.10 Å². The third-order valence-corrected chi connectivity index (χ3v) is 3.30. The molecule has 0 saturated heterocycles. The number of nitrogens with one attached hydrogen (secondary N) is 1. The average Bonchev–Trinajstić information content (AvgIpc) is 2.41. The highest BCUT2D eigenvalue weighted by Crippen LogP contribution is 2.29. The highest BCUT2D eigenvalue weighted by molar-refractivity contribution is 9.11. The lowest BCUT2D eigenvalue weighted by molar-refractivity contribution is 1.10. The van der Waals surface area contributed by atoms with E-state index < -0.39 is 0 Å². The van der Waals surface area contributed by atoms with Crippen molar-refractivity contribution in [3.05, 3.63) is 26.8 Å². The fraction of sp³-hybridized carbons (Fsp3) is 0.125. The normalized spacial score (nSPS) is 10.9. The standard InChI is InChI=1S/C8H6Br2N2/c1-4-5(9)2-3-6-7(4)8(10)12-11-6/h2-3H,1H3,(H,11,12). The number of aromatic amines is 1. The van der Waals surface area contributed by atoms with E-state index in [4.69, 9.17) is 0 Å². The molecule has 1 heterocycles. The zero-order valence-corrected chi connectivity index (χ0v) is 9.53. The van der Waals surface area contributed by atoms with E-state index in [0.29, 0.717) is 0 Å². The van der Waals surface area contributed by atoms with E-state index in [-0.39, 0.29) is 0 Å². The third-order valence-electron chi connectivity index (χ3n) is 1.87. The summed E-state index contributed by atoms with van der Waals surface area (Å²) < 4.78 is 2.05. The first-order chi connectivity index (χ1) is 5.70. The van der Waals surface area contributed by atoms with Gasteiger partial charge >= 0.3 is 0 Å². The van der Waals surface area contributed by atoms with Crippen molar-refractivity contribution in [3.63, 3.8) is 0 Å². The predicted molar refractivity (Wildman–Crippen MR) is 56.2 cm³/mol. The lowest BCUT2D eigenvalue weighted by Crippen LogP contribution is -1.77. The van der Waals surface area contributed by atoms with Crippen LogP contribution in [0.2, 0.25) is 0 Å². The van der Waals surface area contributed by atoms with Gasteiger partial charge in [0.05, 0.1) is 5.52 Å². The summed E-state index contributed by atoms with van der Waals surface area (Å²) in [6.45, 7) is 2.06. The molecule has 0 aliphatic carbocycles. The molecule has 2 nitrogen and oxygen atoms in total. The highest BCUT2D eigenvalue weighted by Gasteiger charge is 2.07. The first kappa shape index (κ1) is 8.26. The van der Waals surface area contributed by atoms with E-state index >= 15 is 0 Å². The second-order valence-corrected chi connectivity index (χ2v) is 4.25. The minimum atomic E-state index is 0.941. The van der Waals surface area contributed by atoms with Gasteiger partial charge in [-0.1, -0.05) is 15.9 Å². The molecule has 0 fully saturated rings. The molecule has 1 N–H and O–H groups in total. The smallest absolute Gasteiger partial charge is 0.109 e. The topological polar surface area (TPSA) is 28.7 Å². The summed E-state index contributed by atoms with van der Waals surface area (Å²) in [5, 5.41) is 8.16. The lowest BCUT2D eigenvalue weighted by atomic mass is 10.1. The quantitative estimate of drug-likeness (QED) is 0.791. The Balaban J connectivity index is 2.96. The third kappa shape index (κ3) is 1.10. The Bertz CT molecular complexity index is 434. The number of aryl methyl sites for hydroxylation is 1. The molecule has 0 atom stereocenters. The molecule has 0 saturated carbocycles. The molecule has 0 bridgehead atoms. The van der Waals surface area contributed by atoms with Crippen molar-refractivity contribution >= 4 is 42.8 Å². The maximum absolute atomic E-state index is 4.13. The minimum Gasteiger partial charge on any atom is -0.270 e. The monoisotopic (exact) mass is 288 g/mol. The van der Waals surface area contributed by atoms with Crippen LogP contribution < -0.4 is 0 Å². The zero-order chi connectivity index (χ0) is 8.72.